The SMILES string of the molecule is C=C(CF)CC(CCC1CCCCC1)C(=C)C. The number of halogens is 1. The molecular weight excluding hydrogens is 211 g/mol. The molecule has 0 bridgehead atoms. The second-order valence-electron chi connectivity index (χ2n) is 5.71. The van der Waals surface area contributed by atoms with Crippen molar-refractivity contribution < 1.29 is 4.39 Å². The molecule has 1 aliphatic carbocycles. The summed E-state index contributed by atoms with van der Waals surface area (Å²) in [7, 11) is 0. The molecule has 0 saturated heterocycles. The third-order valence-electron chi connectivity index (χ3n) is 4.07. The fourth-order valence-corrected chi connectivity index (χ4v) is 2.84. The van der Waals surface area contributed by atoms with Crippen LogP contribution in [0, 0.1) is 11.8 Å². The predicted molar refractivity (Wildman–Crippen MR) is 73.8 cm³/mol. The van der Waals surface area contributed by atoms with Gasteiger partial charge in [0.25, 0.3) is 0 Å². The van der Waals surface area contributed by atoms with E-state index in [9.17, 15) is 4.39 Å². The summed E-state index contributed by atoms with van der Waals surface area (Å²) in [4.78, 5) is 0. The van der Waals surface area contributed by atoms with Gasteiger partial charge in [0.05, 0.1) is 0 Å². The molecule has 0 radical (unpaired) electrons. The van der Waals surface area contributed by atoms with Gasteiger partial charge in [0.15, 0.2) is 0 Å². The minimum Gasteiger partial charge on any atom is -0.246 e. The first kappa shape index (κ1) is 14.5. The molecule has 1 heteroatoms. The van der Waals surface area contributed by atoms with E-state index in [-0.39, 0.29) is 6.67 Å². The molecule has 1 rings (SSSR count). The zero-order valence-corrected chi connectivity index (χ0v) is 11.3. The summed E-state index contributed by atoms with van der Waals surface area (Å²) in [5.74, 6) is 1.35. The molecule has 98 valence electrons. The van der Waals surface area contributed by atoms with E-state index in [0.29, 0.717) is 5.92 Å². The average Bonchev–Trinajstić information content (AvgIpc) is 2.35. The fourth-order valence-electron chi connectivity index (χ4n) is 2.84. The Morgan fingerprint density at radius 2 is 1.88 bits per heavy atom. The molecular formula is C16H27F. The second kappa shape index (κ2) is 7.68. The lowest BCUT2D eigenvalue weighted by molar-refractivity contribution is 0.315. The molecule has 17 heavy (non-hydrogen) atoms. The Morgan fingerprint density at radius 3 is 2.41 bits per heavy atom. The van der Waals surface area contributed by atoms with Gasteiger partial charge in [-0.25, -0.2) is 4.39 Å². The van der Waals surface area contributed by atoms with Gasteiger partial charge >= 0.3 is 0 Å². The Kier molecular flexibility index (Phi) is 6.54. The fraction of sp³-hybridized carbons (Fsp3) is 0.750. The molecule has 0 nitrogen and oxygen atoms in total. The van der Waals surface area contributed by atoms with Gasteiger partial charge in [-0.15, -0.1) is 0 Å². The van der Waals surface area contributed by atoms with Crippen molar-refractivity contribution >= 4 is 0 Å². The van der Waals surface area contributed by atoms with Crippen molar-refractivity contribution in [2.24, 2.45) is 11.8 Å². The smallest absolute Gasteiger partial charge is 0.110 e. The Bertz CT molecular complexity index is 248. The minimum absolute atomic E-state index is 0.382. The van der Waals surface area contributed by atoms with Gasteiger partial charge in [0.1, 0.15) is 6.67 Å². The molecule has 1 atom stereocenters. The first-order valence-electron chi connectivity index (χ1n) is 7.01. The topological polar surface area (TPSA) is 0 Å². The molecule has 0 aromatic carbocycles. The maximum absolute atomic E-state index is 12.5. The van der Waals surface area contributed by atoms with Gasteiger partial charge in [0.2, 0.25) is 0 Å². The van der Waals surface area contributed by atoms with Crippen molar-refractivity contribution in [3.05, 3.63) is 24.3 Å². The van der Waals surface area contributed by atoms with E-state index in [2.05, 4.69) is 20.1 Å². The Labute approximate surface area is 106 Å². The van der Waals surface area contributed by atoms with Gasteiger partial charge in [-0.2, -0.15) is 0 Å². The monoisotopic (exact) mass is 238 g/mol. The summed E-state index contributed by atoms with van der Waals surface area (Å²) in [6.45, 7) is 9.50. The maximum atomic E-state index is 12.5. The summed E-state index contributed by atoms with van der Waals surface area (Å²) in [5.41, 5.74) is 1.91. The molecule has 0 spiro atoms. The largest absolute Gasteiger partial charge is 0.246 e. The molecule has 0 aromatic heterocycles. The second-order valence-corrected chi connectivity index (χ2v) is 5.71. The molecule has 0 heterocycles. The van der Waals surface area contributed by atoms with Crippen LogP contribution in [0.1, 0.15) is 58.3 Å². The summed E-state index contributed by atoms with van der Waals surface area (Å²) < 4.78 is 12.5. The maximum Gasteiger partial charge on any atom is 0.110 e. The number of hydrogen-bond acceptors (Lipinski definition) is 0. The van der Waals surface area contributed by atoms with Gasteiger partial charge in [-0.05, 0) is 43.6 Å². The zero-order chi connectivity index (χ0) is 12.7. The summed E-state index contributed by atoms with van der Waals surface area (Å²) in [6.07, 6.45) is 10.3. The van der Waals surface area contributed by atoms with Crippen molar-refractivity contribution in [2.75, 3.05) is 6.67 Å². The third-order valence-corrected chi connectivity index (χ3v) is 4.07. The van der Waals surface area contributed by atoms with Crippen molar-refractivity contribution in [2.45, 2.75) is 58.3 Å². The predicted octanol–water partition coefficient (Wildman–Crippen LogP) is 5.46. The highest BCUT2D eigenvalue weighted by molar-refractivity contribution is 5.05. The normalized spacial score (nSPS) is 18.9. The molecule has 1 saturated carbocycles. The number of hydrogen-bond donors (Lipinski definition) is 0. The van der Waals surface area contributed by atoms with Crippen LogP contribution in [0.5, 0.6) is 0 Å². The molecule has 1 unspecified atom stereocenters. The Balaban J connectivity index is 2.32. The highest BCUT2D eigenvalue weighted by Gasteiger charge is 2.17. The van der Waals surface area contributed by atoms with Gasteiger partial charge in [0, 0.05) is 0 Å². The quantitative estimate of drug-likeness (QED) is 0.517. The summed E-state index contributed by atoms with van der Waals surface area (Å²) >= 11 is 0. The van der Waals surface area contributed by atoms with E-state index >= 15 is 0 Å². The van der Waals surface area contributed by atoms with Crippen LogP contribution in [-0.2, 0) is 0 Å². The average molecular weight is 238 g/mol. The first-order chi connectivity index (χ1) is 8.13. The van der Waals surface area contributed by atoms with E-state index in [1.807, 2.05) is 0 Å². The molecule has 0 N–H and O–H groups in total. The molecule has 1 aliphatic rings. The minimum atomic E-state index is -0.382. The Hall–Kier alpha value is -0.590. The lowest BCUT2D eigenvalue weighted by atomic mass is 9.81. The highest BCUT2D eigenvalue weighted by atomic mass is 19.1. The third kappa shape index (κ3) is 5.52. The van der Waals surface area contributed by atoms with Crippen LogP contribution < -0.4 is 0 Å². The van der Waals surface area contributed by atoms with E-state index in [1.165, 1.54) is 50.5 Å². The lowest BCUT2D eigenvalue weighted by Crippen LogP contribution is -2.10. The van der Waals surface area contributed by atoms with Crippen LogP contribution in [0.15, 0.2) is 24.3 Å². The lowest BCUT2D eigenvalue weighted by Gasteiger charge is -2.24. The summed E-state index contributed by atoms with van der Waals surface area (Å²) in [5, 5.41) is 0. The van der Waals surface area contributed by atoms with Gasteiger partial charge < -0.3 is 0 Å². The molecule has 1 fully saturated rings. The van der Waals surface area contributed by atoms with E-state index < -0.39 is 0 Å². The Morgan fingerprint density at radius 1 is 1.24 bits per heavy atom. The van der Waals surface area contributed by atoms with Crippen LogP contribution in [0.2, 0.25) is 0 Å². The standard InChI is InChI=1S/C16H27F/c1-13(2)16(11-14(3)12-17)10-9-15-7-5-4-6-8-15/h15-16H,1,3-12H2,2H3. The molecule has 0 amide bonds. The van der Waals surface area contributed by atoms with E-state index in [1.54, 1.807) is 0 Å². The zero-order valence-electron chi connectivity index (χ0n) is 11.3. The van der Waals surface area contributed by atoms with Gasteiger partial charge in [-0.3, -0.25) is 0 Å². The van der Waals surface area contributed by atoms with Crippen LogP contribution >= 0.6 is 0 Å². The molecule has 0 aromatic rings. The van der Waals surface area contributed by atoms with Crippen LogP contribution in [-0.4, -0.2) is 6.67 Å². The number of alkyl halides is 1. The summed E-state index contributed by atoms with van der Waals surface area (Å²) in [6, 6.07) is 0. The van der Waals surface area contributed by atoms with Crippen molar-refractivity contribution in [1.82, 2.24) is 0 Å². The van der Waals surface area contributed by atoms with Gasteiger partial charge in [-0.1, -0.05) is 50.8 Å². The van der Waals surface area contributed by atoms with Crippen molar-refractivity contribution in [1.29, 1.82) is 0 Å². The van der Waals surface area contributed by atoms with E-state index in [0.717, 1.165) is 17.9 Å². The van der Waals surface area contributed by atoms with Crippen LogP contribution in [0.25, 0.3) is 0 Å². The highest BCUT2D eigenvalue weighted by Crippen LogP contribution is 2.31. The number of allylic oxidation sites excluding steroid dienone is 2. The van der Waals surface area contributed by atoms with Crippen molar-refractivity contribution in [3.63, 3.8) is 0 Å². The number of rotatable bonds is 7. The molecule has 0 aliphatic heterocycles. The first-order valence-corrected chi connectivity index (χ1v) is 7.01. The van der Waals surface area contributed by atoms with Crippen molar-refractivity contribution in [3.8, 4) is 0 Å². The van der Waals surface area contributed by atoms with E-state index in [4.69, 9.17) is 0 Å². The van der Waals surface area contributed by atoms with Crippen LogP contribution in [0.3, 0.4) is 0 Å². The van der Waals surface area contributed by atoms with Crippen LogP contribution in [0.4, 0.5) is 4.39 Å².